The first-order valence-corrected chi connectivity index (χ1v) is 14.9. The average Bonchev–Trinajstić information content (AvgIpc) is 3.65. The molecule has 0 unspecified atom stereocenters. The summed E-state index contributed by atoms with van der Waals surface area (Å²) in [7, 11) is 0. The summed E-state index contributed by atoms with van der Waals surface area (Å²) in [5.41, 5.74) is 4.30. The number of ether oxygens (including phenoxy) is 1. The Morgan fingerprint density at radius 2 is 1.84 bits per heavy atom. The molecular weight excluding hydrogens is 562 g/mol. The zero-order valence-corrected chi connectivity index (χ0v) is 24.0. The predicted octanol–water partition coefficient (Wildman–Crippen LogP) is 5.02. The maximum Gasteiger partial charge on any atom is 0.242 e. The van der Waals surface area contributed by atoms with Crippen LogP contribution in [0.2, 0.25) is 0 Å². The van der Waals surface area contributed by atoms with Crippen molar-refractivity contribution in [3.05, 3.63) is 103 Å². The molecule has 5 aromatic rings. The minimum atomic E-state index is -0.707. The fraction of sp³-hybridized carbons (Fsp3) is 0.265. The number of halogens is 2. The first-order valence-electron chi connectivity index (χ1n) is 14.9. The third-order valence-corrected chi connectivity index (χ3v) is 8.31. The Morgan fingerprint density at radius 3 is 2.75 bits per heavy atom. The van der Waals surface area contributed by atoms with Gasteiger partial charge in [0.25, 0.3) is 0 Å². The molecule has 0 saturated carbocycles. The maximum absolute atomic E-state index is 14.7. The van der Waals surface area contributed by atoms with E-state index in [-0.39, 0.29) is 17.6 Å². The van der Waals surface area contributed by atoms with Crippen LogP contribution in [0, 0.1) is 11.6 Å². The second kappa shape index (κ2) is 12.0. The van der Waals surface area contributed by atoms with Crippen molar-refractivity contribution in [2.45, 2.75) is 31.4 Å². The molecule has 44 heavy (non-hydrogen) atoms. The van der Waals surface area contributed by atoms with Crippen LogP contribution in [0.15, 0.2) is 85.3 Å². The Kier molecular flexibility index (Phi) is 7.66. The fourth-order valence-electron chi connectivity index (χ4n) is 6.21. The van der Waals surface area contributed by atoms with Gasteiger partial charge in [0.2, 0.25) is 5.91 Å². The molecule has 0 aliphatic carbocycles. The first-order chi connectivity index (χ1) is 21.5. The molecule has 2 aliphatic heterocycles. The summed E-state index contributed by atoms with van der Waals surface area (Å²) in [4.78, 5) is 24.7. The van der Waals surface area contributed by atoms with E-state index in [1.54, 1.807) is 23.0 Å². The summed E-state index contributed by atoms with van der Waals surface area (Å²) >= 11 is 0. The number of anilines is 1. The largest absolute Gasteiger partial charge is 0.488 e. The second-order valence-electron chi connectivity index (χ2n) is 11.2. The molecule has 0 radical (unpaired) electrons. The van der Waals surface area contributed by atoms with E-state index in [2.05, 4.69) is 57.0 Å². The Morgan fingerprint density at radius 1 is 0.932 bits per heavy atom. The summed E-state index contributed by atoms with van der Waals surface area (Å²) in [6.45, 7) is 2.58. The molecule has 1 fully saturated rings. The van der Waals surface area contributed by atoms with Crippen molar-refractivity contribution in [1.82, 2.24) is 25.0 Å². The minimum absolute atomic E-state index is 0.102. The molecule has 4 heterocycles. The van der Waals surface area contributed by atoms with Gasteiger partial charge < -0.3 is 20.3 Å². The van der Waals surface area contributed by atoms with Gasteiger partial charge in [0.05, 0.1) is 18.3 Å². The molecule has 2 aromatic heterocycles. The summed E-state index contributed by atoms with van der Waals surface area (Å²) in [6.07, 6.45) is 6.76. The lowest BCUT2D eigenvalue weighted by molar-refractivity contribution is -0.122. The van der Waals surface area contributed by atoms with E-state index in [0.29, 0.717) is 36.7 Å². The number of aromatic nitrogens is 3. The van der Waals surface area contributed by atoms with Gasteiger partial charge in [0.15, 0.2) is 5.82 Å². The van der Waals surface area contributed by atoms with E-state index < -0.39 is 17.7 Å². The van der Waals surface area contributed by atoms with Crippen LogP contribution in [0.4, 0.5) is 14.6 Å². The van der Waals surface area contributed by atoms with Crippen molar-refractivity contribution in [2.24, 2.45) is 0 Å². The molecule has 2 N–H and O–H groups in total. The van der Waals surface area contributed by atoms with Crippen molar-refractivity contribution in [3.8, 4) is 28.3 Å². The number of fused-ring (bicyclic) bond motifs is 7. The van der Waals surface area contributed by atoms with Gasteiger partial charge in [-0.05, 0) is 66.9 Å². The summed E-state index contributed by atoms with van der Waals surface area (Å²) < 4.78 is 36.6. The van der Waals surface area contributed by atoms with E-state index in [0.717, 1.165) is 43.3 Å². The van der Waals surface area contributed by atoms with Crippen molar-refractivity contribution in [3.63, 3.8) is 0 Å². The minimum Gasteiger partial charge on any atom is -0.488 e. The highest BCUT2D eigenvalue weighted by atomic mass is 19.1. The Labute approximate surface area is 253 Å². The predicted molar refractivity (Wildman–Crippen MR) is 165 cm³/mol. The maximum atomic E-state index is 14.7. The molecule has 7 rings (SSSR count). The third-order valence-electron chi connectivity index (χ3n) is 8.31. The number of carbonyl (C=O) groups excluding carboxylic acids is 1. The summed E-state index contributed by atoms with van der Waals surface area (Å²) in [5.74, 6) is 0.125. The number of benzene rings is 3. The van der Waals surface area contributed by atoms with Gasteiger partial charge in [0.1, 0.15) is 40.9 Å². The van der Waals surface area contributed by atoms with Crippen LogP contribution in [0.1, 0.15) is 18.4 Å². The number of hydrogen-bond donors (Lipinski definition) is 2. The monoisotopic (exact) mass is 594 g/mol. The molecule has 1 amide bonds. The molecule has 8 nitrogen and oxygen atoms in total. The van der Waals surface area contributed by atoms with Crippen molar-refractivity contribution in [1.29, 1.82) is 0 Å². The smallest absolute Gasteiger partial charge is 0.242 e. The van der Waals surface area contributed by atoms with Gasteiger partial charge in [-0.2, -0.15) is 0 Å². The van der Waals surface area contributed by atoms with Gasteiger partial charge in [-0.15, -0.1) is 0 Å². The van der Waals surface area contributed by atoms with E-state index in [1.165, 1.54) is 23.3 Å². The Balaban J connectivity index is 1.24. The summed E-state index contributed by atoms with van der Waals surface area (Å²) in [5, 5.41) is 6.61. The zero-order chi connectivity index (χ0) is 30.0. The summed E-state index contributed by atoms with van der Waals surface area (Å²) in [6, 6.07) is 19.4. The van der Waals surface area contributed by atoms with Gasteiger partial charge in [0, 0.05) is 31.4 Å². The Hall–Kier alpha value is -4.83. The SMILES string of the molecule is O=C1NCCCNCCc2ccccc2-c2cccc(c2)O[C@H]2C[C@@H]1N(c1nccn3c(-c4ccc(F)cc4F)ncc13)C2. The number of carbonyl (C=O) groups is 1. The topological polar surface area (TPSA) is 83.8 Å². The Bertz CT molecular complexity index is 1830. The number of nitrogens with one attached hydrogen (secondary N) is 2. The normalized spacial score (nSPS) is 19.2. The molecule has 2 atom stereocenters. The molecule has 2 aliphatic rings. The van der Waals surface area contributed by atoms with E-state index in [9.17, 15) is 13.6 Å². The fourth-order valence-corrected chi connectivity index (χ4v) is 6.21. The first kappa shape index (κ1) is 28.0. The van der Waals surface area contributed by atoms with Gasteiger partial charge in [-0.1, -0.05) is 36.4 Å². The number of amides is 1. The molecule has 3 aromatic carbocycles. The van der Waals surface area contributed by atoms with Gasteiger partial charge in [-0.25, -0.2) is 18.7 Å². The van der Waals surface area contributed by atoms with Crippen LogP contribution in [0.5, 0.6) is 5.75 Å². The lowest BCUT2D eigenvalue weighted by atomic mass is 9.97. The van der Waals surface area contributed by atoms with Crippen molar-refractivity contribution in [2.75, 3.05) is 31.1 Å². The lowest BCUT2D eigenvalue weighted by Gasteiger charge is -2.25. The quantitative estimate of drug-likeness (QED) is 0.299. The number of rotatable bonds is 2. The second-order valence-corrected chi connectivity index (χ2v) is 11.2. The molecule has 10 heteroatoms. The molecular formula is C34H32F2N6O2. The number of nitrogens with zero attached hydrogens (tertiary/aromatic N) is 4. The van der Waals surface area contributed by atoms with Crippen LogP contribution >= 0.6 is 0 Å². The van der Waals surface area contributed by atoms with Crippen LogP contribution < -0.4 is 20.3 Å². The van der Waals surface area contributed by atoms with Gasteiger partial charge in [-0.3, -0.25) is 9.20 Å². The molecule has 4 bridgehead atoms. The highest BCUT2D eigenvalue weighted by Crippen LogP contribution is 2.34. The van der Waals surface area contributed by atoms with Gasteiger partial charge >= 0.3 is 0 Å². The average molecular weight is 595 g/mol. The van der Waals surface area contributed by atoms with Crippen LogP contribution in [-0.4, -0.2) is 58.6 Å². The zero-order valence-electron chi connectivity index (χ0n) is 24.0. The standard InChI is InChI=1S/C34H32F2N6O2/c35-24-9-10-28(29(36)18-24)32-40-20-31-33(38-15-16-41(31)32)42-21-26-19-30(42)34(43)39-13-4-12-37-14-11-22-5-1-2-8-27(22)23-6-3-7-25(17-23)44-26/h1-3,5-10,15-18,20,26,30,37H,4,11-14,19,21H2,(H,39,43)/t26-,30-/m0/s1. The molecule has 1 saturated heterocycles. The number of imidazole rings is 1. The molecule has 224 valence electrons. The van der Waals surface area contributed by atoms with Crippen LogP contribution in [-0.2, 0) is 11.2 Å². The van der Waals surface area contributed by atoms with Crippen molar-refractivity contribution >= 4 is 17.2 Å². The third kappa shape index (κ3) is 5.48. The van der Waals surface area contributed by atoms with Crippen LogP contribution in [0.3, 0.4) is 0 Å². The number of hydrogen-bond acceptors (Lipinski definition) is 6. The lowest BCUT2D eigenvalue weighted by Crippen LogP contribution is -2.44. The van der Waals surface area contributed by atoms with E-state index in [4.69, 9.17) is 4.74 Å². The molecule has 0 spiro atoms. The highest BCUT2D eigenvalue weighted by molar-refractivity contribution is 5.88. The van der Waals surface area contributed by atoms with E-state index >= 15 is 0 Å². The van der Waals surface area contributed by atoms with Crippen molar-refractivity contribution < 1.29 is 18.3 Å². The van der Waals surface area contributed by atoms with Crippen LogP contribution in [0.25, 0.3) is 28.0 Å². The highest BCUT2D eigenvalue weighted by Gasteiger charge is 2.40. The van der Waals surface area contributed by atoms with E-state index in [1.807, 2.05) is 17.0 Å².